The minimum atomic E-state index is -4.37. The standard InChI is InChI=1S/C20H23F3O3S.CO2/c1-3-10-25-19-9-8-18(11-14(19)2)27-13-16(24)12-26-17-6-4-15(5-7-17)20(21,22)23;2-1-3/h4-9,11,16,24H,3,10,12-13H2,1-2H3;. The van der Waals surface area contributed by atoms with Crippen LogP contribution < -0.4 is 9.47 Å². The summed E-state index contributed by atoms with van der Waals surface area (Å²) in [5, 5.41) is 10.0. The van der Waals surface area contributed by atoms with E-state index in [2.05, 4.69) is 0 Å². The summed E-state index contributed by atoms with van der Waals surface area (Å²) < 4.78 is 48.5. The van der Waals surface area contributed by atoms with Gasteiger partial charge in [0.15, 0.2) is 0 Å². The molecule has 1 atom stereocenters. The van der Waals surface area contributed by atoms with E-state index in [0.29, 0.717) is 18.1 Å². The van der Waals surface area contributed by atoms with Crippen molar-refractivity contribution < 1.29 is 37.3 Å². The van der Waals surface area contributed by atoms with Crippen molar-refractivity contribution in [3.63, 3.8) is 0 Å². The van der Waals surface area contributed by atoms with Crippen molar-refractivity contribution in [3.05, 3.63) is 53.6 Å². The summed E-state index contributed by atoms with van der Waals surface area (Å²) in [6.07, 6.45) is -3.92. The third kappa shape index (κ3) is 9.35. The van der Waals surface area contributed by atoms with Crippen LogP contribution in [0.5, 0.6) is 11.5 Å². The molecule has 0 aliphatic carbocycles. The molecule has 1 N–H and O–H groups in total. The topological polar surface area (TPSA) is 72.8 Å². The van der Waals surface area contributed by atoms with E-state index in [1.54, 1.807) is 0 Å². The Morgan fingerprint density at radius 1 is 1.10 bits per heavy atom. The molecule has 30 heavy (non-hydrogen) atoms. The first-order chi connectivity index (χ1) is 14.2. The van der Waals surface area contributed by atoms with Crippen molar-refractivity contribution in [3.8, 4) is 11.5 Å². The van der Waals surface area contributed by atoms with Gasteiger partial charge in [0.05, 0.1) is 18.3 Å². The molecule has 0 amide bonds. The van der Waals surface area contributed by atoms with Crippen molar-refractivity contribution in [2.45, 2.75) is 37.4 Å². The molecule has 1 unspecified atom stereocenters. The van der Waals surface area contributed by atoms with Gasteiger partial charge in [-0.1, -0.05) is 6.92 Å². The molecule has 2 rings (SSSR count). The summed E-state index contributed by atoms with van der Waals surface area (Å²) in [5.41, 5.74) is 0.302. The van der Waals surface area contributed by atoms with Gasteiger partial charge in [0.25, 0.3) is 0 Å². The zero-order valence-corrected chi connectivity index (χ0v) is 17.4. The molecule has 164 valence electrons. The van der Waals surface area contributed by atoms with Gasteiger partial charge in [0.1, 0.15) is 18.1 Å². The Morgan fingerprint density at radius 2 is 1.73 bits per heavy atom. The SMILES string of the molecule is CCCOc1ccc(SCC(O)COc2ccc(C(F)(F)F)cc2)cc1C.O=C=O. The molecule has 2 aromatic rings. The lowest BCUT2D eigenvalue weighted by Gasteiger charge is -2.14. The van der Waals surface area contributed by atoms with E-state index < -0.39 is 17.8 Å². The number of rotatable bonds is 9. The van der Waals surface area contributed by atoms with Crippen molar-refractivity contribution in [1.82, 2.24) is 0 Å². The van der Waals surface area contributed by atoms with E-state index in [-0.39, 0.29) is 12.8 Å². The van der Waals surface area contributed by atoms with Crippen LogP contribution in [-0.2, 0) is 15.8 Å². The van der Waals surface area contributed by atoms with Gasteiger partial charge in [-0.15, -0.1) is 11.8 Å². The predicted octanol–water partition coefficient (Wildman–Crippen LogP) is 4.75. The number of alkyl halides is 3. The summed E-state index contributed by atoms with van der Waals surface area (Å²) in [4.78, 5) is 17.3. The minimum absolute atomic E-state index is 0.00897. The van der Waals surface area contributed by atoms with Crippen LogP contribution in [0.15, 0.2) is 47.4 Å². The molecule has 9 heteroatoms. The van der Waals surface area contributed by atoms with Crippen LogP contribution in [0.3, 0.4) is 0 Å². The van der Waals surface area contributed by atoms with E-state index in [9.17, 15) is 18.3 Å². The second kappa shape index (κ2) is 13.0. The van der Waals surface area contributed by atoms with Gasteiger partial charge in [0, 0.05) is 10.6 Å². The van der Waals surface area contributed by atoms with Crippen LogP contribution in [-0.4, -0.2) is 36.3 Å². The summed E-state index contributed by atoms with van der Waals surface area (Å²) in [5.74, 6) is 1.56. The summed E-state index contributed by atoms with van der Waals surface area (Å²) >= 11 is 1.48. The Balaban J connectivity index is 0.00000141. The molecule has 0 aromatic heterocycles. The number of aryl methyl sites for hydroxylation is 1. The van der Waals surface area contributed by atoms with Gasteiger partial charge < -0.3 is 14.6 Å². The largest absolute Gasteiger partial charge is 0.493 e. The van der Waals surface area contributed by atoms with Gasteiger partial charge in [-0.2, -0.15) is 22.8 Å². The van der Waals surface area contributed by atoms with Gasteiger partial charge in [-0.05, 0) is 61.4 Å². The second-order valence-corrected chi connectivity index (χ2v) is 7.25. The number of ether oxygens (including phenoxy) is 2. The molecule has 0 heterocycles. The maximum Gasteiger partial charge on any atom is 0.416 e. The predicted molar refractivity (Wildman–Crippen MR) is 106 cm³/mol. The smallest absolute Gasteiger partial charge is 0.416 e. The average molecular weight is 444 g/mol. The Bertz CT molecular complexity index is 803. The van der Waals surface area contributed by atoms with Crippen molar-refractivity contribution in [2.75, 3.05) is 19.0 Å². The fraction of sp³-hybridized carbons (Fsp3) is 0.381. The van der Waals surface area contributed by atoms with Crippen molar-refractivity contribution in [1.29, 1.82) is 0 Å². The van der Waals surface area contributed by atoms with Crippen LogP contribution in [0.2, 0.25) is 0 Å². The summed E-state index contributed by atoms with van der Waals surface area (Å²) in [7, 11) is 0. The molecule has 0 saturated carbocycles. The second-order valence-electron chi connectivity index (χ2n) is 6.16. The fourth-order valence-electron chi connectivity index (χ4n) is 2.26. The molecule has 0 bridgehead atoms. The summed E-state index contributed by atoms with van der Waals surface area (Å²) in [6.45, 7) is 4.70. The fourth-order valence-corrected chi connectivity index (χ4v) is 3.16. The number of carbonyl (C=O) groups excluding carboxylic acids is 2. The van der Waals surface area contributed by atoms with E-state index in [0.717, 1.165) is 34.8 Å². The van der Waals surface area contributed by atoms with Crippen molar-refractivity contribution in [2.24, 2.45) is 0 Å². The van der Waals surface area contributed by atoms with Crippen LogP contribution in [0, 0.1) is 6.92 Å². The lowest BCUT2D eigenvalue weighted by atomic mass is 10.2. The van der Waals surface area contributed by atoms with Gasteiger partial charge in [-0.25, -0.2) is 0 Å². The highest BCUT2D eigenvalue weighted by molar-refractivity contribution is 7.99. The number of aliphatic hydroxyl groups excluding tert-OH is 1. The first kappa shape index (κ1) is 25.6. The van der Waals surface area contributed by atoms with Crippen LogP contribution in [0.1, 0.15) is 24.5 Å². The maximum absolute atomic E-state index is 12.5. The number of thioether (sulfide) groups is 1. The molecule has 5 nitrogen and oxygen atoms in total. The third-order valence-electron chi connectivity index (χ3n) is 3.67. The first-order valence-electron chi connectivity index (χ1n) is 9.04. The maximum atomic E-state index is 12.5. The van der Waals surface area contributed by atoms with Gasteiger partial charge in [0.2, 0.25) is 0 Å². The quantitative estimate of drug-likeness (QED) is 0.563. The van der Waals surface area contributed by atoms with Gasteiger partial charge in [-0.3, -0.25) is 0 Å². The first-order valence-corrected chi connectivity index (χ1v) is 10.0. The number of halogens is 3. The van der Waals surface area contributed by atoms with Crippen LogP contribution in [0.25, 0.3) is 0 Å². The molecule has 0 fully saturated rings. The highest BCUT2D eigenvalue weighted by Gasteiger charge is 2.30. The molecule has 0 radical (unpaired) electrons. The van der Waals surface area contributed by atoms with Crippen LogP contribution >= 0.6 is 11.8 Å². The molecule has 0 spiro atoms. The Hall–Kier alpha value is -2.48. The van der Waals surface area contributed by atoms with Crippen LogP contribution in [0.4, 0.5) is 13.2 Å². The number of benzene rings is 2. The lowest BCUT2D eigenvalue weighted by molar-refractivity contribution is -0.191. The molecule has 2 aromatic carbocycles. The molecular formula is C21H23F3O5S. The van der Waals surface area contributed by atoms with E-state index >= 15 is 0 Å². The molecule has 0 aliphatic heterocycles. The normalized spacial score (nSPS) is 11.7. The third-order valence-corrected chi connectivity index (χ3v) is 4.81. The molecule has 0 aliphatic rings. The lowest BCUT2D eigenvalue weighted by Crippen LogP contribution is -2.20. The minimum Gasteiger partial charge on any atom is -0.493 e. The number of hydrogen-bond donors (Lipinski definition) is 1. The Kier molecular flexibility index (Phi) is 11.0. The van der Waals surface area contributed by atoms with Crippen molar-refractivity contribution >= 4 is 17.9 Å². The Morgan fingerprint density at radius 3 is 2.27 bits per heavy atom. The monoisotopic (exact) mass is 444 g/mol. The Labute approximate surface area is 177 Å². The van der Waals surface area contributed by atoms with E-state index in [4.69, 9.17) is 19.1 Å². The molecular weight excluding hydrogens is 421 g/mol. The highest BCUT2D eigenvalue weighted by Crippen LogP contribution is 2.30. The highest BCUT2D eigenvalue weighted by atomic mass is 32.2. The number of hydrogen-bond acceptors (Lipinski definition) is 6. The molecule has 0 saturated heterocycles. The van der Waals surface area contributed by atoms with E-state index in [1.165, 1.54) is 23.9 Å². The van der Waals surface area contributed by atoms with E-state index in [1.807, 2.05) is 32.0 Å². The average Bonchev–Trinajstić information content (AvgIpc) is 2.70. The zero-order chi connectivity index (χ0) is 22.6. The zero-order valence-electron chi connectivity index (χ0n) is 16.6. The number of aliphatic hydroxyl groups is 1. The van der Waals surface area contributed by atoms with Gasteiger partial charge >= 0.3 is 12.3 Å². The summed E-state index contributed by atoms with van der Waals surface area (Å²) in [6, 6.07) is 10.3.